The van der Waals surface area contributed by atoms with Gasteiger partial charge in [-0.1, -0.05) is 22.7 Å². The van der Waals surface area contributed by atoms with Crippen LogP contribution in [0.15, 0.2) is 11.1 Å². The number of hydrogen-bond donors (Lipinski definition) is 0. The summed E-state index contributed by atoms with van der Waals surface area (Å²) in [6, 6.07) is 0. The number of allylic oxidation sites excluding steroid dienone is 2. The van der Waals surface area contributed by atoms with Gasteiger partial charge in [0, 0.05) is 12.8 Å². The molecule has 0 heterocycles. The Bertz CT molecular complexity index is 206. The number of halogens is 4. The first-order valence-corrected chi connectivity index (χ1v) is 4.05. The summed E-state index contributed by atoms with van der Waals surface area (Å²) in [5, 5.41) is -2.89. The fourth-order valence-corrected chi connectivity index (χ4v) is 1.49. The Morgan fingerprint density at radius 2 is 1.50 bits per heavy atom. The van der Waals surface area contributed by atoms with Gasteiger partial charge in [-0.05, 0) is 13.8 Å². The van der Waals surface area contributed by atoms with Crippen LogP contribution in [0.5, 0.6) is 0 Å². The molecule has 4 heteroatoms. The molecule has 12 heavy (non-hydrogen) atoms. The first-order chi connectivity index (χ1) is 5.26. The summed E-state index contributed by atoms with van der Waals surface area (Å²) < 4.78 is 38.8. The van der Waals surface area contributed by atoms with Crippen LogP contribution in [0.1, 0.15) is 26.7 Å². The lowest BCUT2D eigenvalue weighted by atomic mass is 9.89. The average Bonchev–Trinajstić information content (AvgIpc) is 1.82. The summed E-state index contributed by atoms with van der Waals surface area (Å²) in [7, 11) is 0. The maximum absolute atomic E-state index is 13.1. The molecule has 70 valence electrons. The summed E-state index contributed by atoms with van der Waals surface area (Å²) in [6.07, 6.45) is -0.952. The van der Waals surface area contributed by atoms with Crippen LogP contribution >= 0.6 is 11.6 Å². The predicted octanol–water partition coefficient (Wildman–Crippen LogP) is 3.66. The van der Waals surface area contributed by atoms with Crippen LogP contribution in [0.25, 0.3) is 0 Å². The van der Waals surface area contributed by atoms with Crippen molar-refractivity contribution >= 4 is 11.6 Å². The minimum atomic E-state index is -3.43. The van der Waals surface area contributed by atoms with Crippen molar-refractivity contribution in [3.8, 4) is 0 Å². The van der Waals surface area contributed by atoms with Crippen LogP contribution in [0.4, 0.5) is 13.2 Å². The summed E-state index contributed by atoms with van der Waals surface area (Å²) >= 11 is 5.07. The van der Waals surface area contributed by atoms with Gasteiger partial charge in [0.25, 0.3) is 5.92 Å². The van der Waals surface area contributed by atoms with Gasteiger partial charge in [0.1, 0.15) is 0 Å². The highest BCUT2D eigenvalue weighted by Gasteiger charge is 2.55. The minimum Gasteiger partial charge on any atom is -0.219 e. The molecule has 0 fully saturated rings. The molecule has 1 rings (SSSR count). The van der Waals surface area contributed by atoms with E-state index in [1.54, 1.807) is 13.8 Å². The van der Waals surface area contributed by atoms with Gasteiger partial charge >= 0.3 is 0 Å². The predicted molar refractivity (Wildman–Crippen MR) is 42.2 cm³/mol. The summed E-state index contributed by atoms with van der Waals surface area (Å²) in [5.74, 6) is -3.43. The second-order valence-corrected chi connectivity index (χ2v) is 3.92. The smallest absolute Gasteiger partial charge is 0.219 e. The monoisotopic (exact) mass is 198 g/mol. The van der Waals surface area contributed by atoms with Crippen LogP contribution in [0.3, 0.4) is 0 Å². The Morgan fingerprint density at radius 1 is 1.08 bits per heavy atom. The Morgan fingerprint density at radius 3 is 1.92 bits per heavy atom. The normalized spacial score (nSPS) is 35.5. The Balaban J connectivity index is 3.00. The SMILES string of the molecule is CC1=C(C)CC(F)(Cl)C(F)(F)C1. The zero-order valence-electron chi connectivity index (χ0n) is 6.93. The highest BCUT2D eigenvalue weighted by Crippen LogP contribution is 2.48. The number of hydrogen-bond acceptors (Lipinski definition) is 0. The third-order valence-electron chi connectivity index (χ3n) is 2.24. The number of rotatable bonds is 0. The van der Waals surface area contributed by atoms with E-state index in [9.17, 15) is 13.2 Å². The van der Waals surface area contributed by atoms with Crippen molar-refractivity contribution in [1.82, 2.24) is 0 Å². The average molecular weight is 199 g/mol. The molecule has 1 aliphatic carbocycles. The number of alkyl halides is 4. The molecule has 0 aliphatic heterocycles. The molecule has 1 unspecified atom stereocenters. The maximum atomic E-state index is 13.1. The molecule has 0 nitrogen and oxygen atoms in total. The topological polar surface area (TPSA) is 0 Å². The molecule has 1 aliphatic rings. The Kier molecular flexibility index (Phi) is 2.19. The molecule has 0 radical (unpaired) electrons. The van der Waals surface area contributed by atoms with Gasteiger partial charge in [0.2, 0.25) is 5.13 Å². The van der Waals surface area contributed by atoms with E-state index < -0.39 is 17.5 Å². The van der Waals surface area contributed by atoms with E-state index in [2.05, 4.69) is 0 Å². The summed E-state index contributed by atoms with van der Waals surface area (Å²) in [5.41, 5.74) is 1.16. The van der Waals surface area contributed by atoms with Gasteiger partial charge in [-0.15, -0.1) is 0 Å². The lowest BCUT2D eigenvalue weighted by Crippen LogP contribution is -2.42. The van der Waals surface area contributed by atoms with Crippen molar-refractivity contribution in [1.29, 1.82) is 0 Å². The third-order valence-corrected chi connectivity index (χ3v) is 2.65. The van der Waals surface area contributed by atoms with E-state index in [-0.39, 0.29) is 6.42 Å². The quantitative estimate of drug-likeness (QED) is 0.412. The second-order valence-electron chi connectivity index (χ2n) is 3.32. The van der Waals surface area contributed by atoms with Crippen molar-refractivity contribution in [2.75, 3.05) is 0 Å². The molecule has 0 bridgehead atoms. The molecular formula is C8H10ClF3. The zero-order valence-corrected chi connectivity index (χ0v) is 7.68. The van der Waals surface area contributed by atoms with Crippen LogP contribution in [0, 0.1) is 0 Å². The molecule has 0 N–H and O–H groups in total. The van der Waals surface area contributed by atoms with E-state index in [1.165, 1.54) is 0 Å². The van der Waals surface area contributed by atoms with Gasteiger partial charge < -0.3 is 0 Å². The van der Waals surface area contributed by atoms with Crippen molar-refractivity contribution in [3.63, 3.8) is 0 Å². The summed E-state index contributed by atoms with van der Waals surface area (Å²) in [4.78, 5) is 0. The van der Waals surface area contributed by atoms with Gasteiger partial charge in [-0.3, -0.25) is 0 Å². The Labute approximate surface area is 74.4 Å². The Hall–Kier alpha value is -0.180. The first-order valence-electron chi connectivity index (χ1n) is 3.67. The van der Waals surface area contributed by atoms with Crippen molar-refractivity contribution < 1.29 is 13.2 Å². The zero-order chi connectivity index (χ0) is 9.57. The minimum absolute atomic E-state index is 0.382. The standard InChI is InChI=1S/C8H10ClF3/c1-5-3-7(9,10)8(11,12)4-6(5)2/h3-4H2,1-2H3. The van der Waals surface area contributed by atoms with Crippen LogP contribution in [-0.2, 0) is 0 Å². The fraction of sp³-hybridized carbons (Fsp3) is 0.750. The molecular weight excluding hydrogens is 189 g/mol. The van der Waals surface area contributed by atoms with E-state index in [1.807, 2.05) is 0 Å². The highest BCUT2D eigenvalue weighted by molar-refractivity contribution is 6.23. The molecule has 0 amide bonds. The lowest BCUT2D eigenvalue weighted by Gasteiger charge is -2.33. The van der Waals surface area contributed by atoms with Crippen LogP contribution in [0.2, 0.25) is 0 Å². The third kappa shape index (κ3) is 1.47. The van der Waals surface area contributed by atoms with Crippen LogP contribution < -0.4 is 0 Å². The van der Waals surface area contributed by atoms with E-state index in [0.29, 0.717) is 11.1 Å². The molecule has 0 saturated carbocycles. The maximum Gasteiger partial charge on any atom is 0.299 e. The van der Waals surface area contributed by atoms with Gasteiger partial charge in [0.05, 0.1) is 0 Å². The van der Waals surface area contributed by atoms with Gasteiger partial charge in [-0.2, -0.15) is 0 Å². The largest absolute Gasteiger partial charge is 0.299 e. The lowest BCUT2D eigenvalue weighted by molar-refractivity contribution is -0.0989. The van der Waals surface area contributed by atoms with Crippen molar-refractivity contribution in [3.05, 3.63) is 11.1 Å². The van der Waals surface area contributed by atoms with Crippen molar-refractivity contribution in [2.24, 2.45) is 0 Å². The molecule has 0 aromatic carbocycles. The first kappa shape index (κ1) is 9.90. The second kappa shape index (κ2) is 2.66. The van der Waals surface area contributed by atoms with E-state index in [4.69, 9.17) is 11.6 Å². The van der Waals surface area contributed by atoms with Gasteiger partial charge in [0.15, 0.2) is 0 Å². The molecule has 1 atom stereocenters. The van der Waals surface area contributed by atoms with E-state index >= 15 is 0 Å². The summed E-state index contributed by atoms with van der Waals surface area (Å²) in [6.45, 7) is 3.21. The molecule has 0 saturated heterocycles. The molecule has 0 spiro atoms. The highest BCUT2D eigenvalue weighted by atomic mass is 35.5. The fourth-order valence-electron chi connectivity index (χ4n) is 1.23. The van der Waals surface area contributed by atoms with Gasteiger partial charge in [-0.25, -0.2) is 13.2 Å². The van der Waals surface area contributed by atoms with E-state index in [0.717, 1.165) is 0 Å². The van der Waals surface area contributed by atoms with Crippen LogP contribution in [-0.4, -0.2) is 11.1 Å². The molecule has 0 aromatic heterocycles. The van der Waals surface area contributed by atoms with Crippen molar-refractivity contribution in [2.45, 2.75) is 37.7 Å². The molecule has 0 aromatic rings.